The summed E-state index contributed by atoms with van der Waals surface area (Å²) in [5, 5.41) is 93.0. The fourth-order valence-electron chi connectivity index (χ4n) is 7.79. The second-order valence-electron chi connectivity index (χ2n) is 16.3. The molecule has 8 N–H and O–H groups in total. The Morgan fingerprint density at radius 3 is 1.36 bits per heavy atom. The third-order valence-corrected chi connectivity index (χ3v) is 13.8. The number of rotatable bonds is 29. The number of aliphatic carboxylic acids is 2. The molecule has 4 rings (SSSR count). The first-order chi connectivity index (χ1) is 36.9. The van der Waals surface area contributed by atoms with Gasteiger partial charge < -0.3 is 126 Å². The van der Waals surface area contributed by atoms with Gasteiger partial charge in [0.05, 0.1) is 44.9 Å². The number of hydrogen-bond acceptors (Lipinski definition) is 42. The van der Waals surface area contributed by atoms with Gasteiger partial charge in [0, 0.05) is 14.2 Å². The number of carboxylic acid groups (broad SMARTS) is 2. The van der Waals surface area contributed by atoms with Crippen molar-refractivity contribution < 1.29 is 429 Å². The number of hydrogen-bond donors (Lipinski definition) is 8. The Kier molecular flexibility index (Phi) is 49.9. The molecule has 0 bridgehead atoms. The maximum atomic E-state index is 12.9. The normalized spacial score (nSPS) is 33.6. The third kappa shape index (κ3) is 32.9. The van der Waals surface area contributed by atoms with E-state index in [-0.39, 0.29) is 236 Å². The number of aliphatic hydroxyl groups is 5. The molecule has 0 aromatic rings. The molecule has 0 amide bonds. The van der Waals surface area contributed by atoms with Crippen LogP contribution >= 0.6 is 0 Å². The summed E-state index contributed by atoms with van der Waals surface area (Å²) in [4.78, 5) is 27.7. The first-order valence-electron chi connectivity index (χ1n) is 21.2. The zero-order chi connectivity index (χ0) is 61.8. The maximum absolute atomic E-state index is 12.9. The molecule has 45 nitrogen and oxygen atoms in total. The minimum absolute atomic E-state index is 0. The van der Waals surface area contributed by atoms with Crippen molar-refractivity contribution in [1.29, 1.82) is 0 Å². The number of carboxylic acids is 2. The van der Waals surface area contributed by atoms with E-state index < -0.39 is 235 Å². The monoisotopic (exact) mass is 1490 g/mol. The third-order valence-electron chi connectivity index (χ3n) is 10.9. The van der Waals surface area contributed by atoms with Gasteiger partial charge in [-0.3, -0.25) is 17.1 Å². The van der Waals surface area contributed by atoms with Crippen molar-refractivity contribution in [1.82, 2.24) is 9.44 Å². The van der Waals surface area contributed by atoms with Crippen molar-refractivity contribution in [3.8, 4) is 0 Å². The molecule has 20 atom stereocenters. The molecule has 59 heteroatoms. The summed E-state index contributed by atoms with van der Waals surface area (Å²) in [7, 11) is -33.3. The Labute approximate surface area is 682 Å². The first kappa shape index (κ1) is 103. The minimum Gasteiger partial charge on any atom is -0.860 e. The summed E-state index contributed by atoms with van der Waals surface area (Å²) in [6, 6.07) is -5.16. The molecule has 0 radical (unpaired) electrons. The van der Waals surface area contributed by atoms with Gasteiger partial charge >= 0.3 is 253 Å². The van der Waals surface area contributed by atoms with E-state index in [1.54, 1.807) is 0 Å². The van der Waals surface area contributed by atoms with Crippen LogP contribution in [0.4, 0.5) is 0 Å². The number of methoxy groups -OCH3 is 2. The summed E-state index contributed by atoms with van der Waals surface area (Å²) >= 11 is 0. The molecule has 0 saturated carbocycles. The van der Waals surface area contributed by atoms with Crippen molar-refractivity contribution in [2.24, 2.45) is 4.99 Å². The van der Waals surface area contributed by atoms with Crippen molar-refractivity contribution in [2.45, 2.75) is 122 Å². The number of nitrogens with zero attached hydrogens (tertiary/aromatic N) is 1. The van der Waals surface area contributed by atoms with Crippen molar-refractivity contribution >= 4 is 80.0 Å². The molecule has 89 heavy (non-hydrogen) atoms. The molecule has 4 aliphatic rings. The number of nitrogens with one attached hydrogen (secondary N) is 2. The van der Waals surface area contributed by atoms with Crippen LogP contribution < -0.4 is 261 Å². The Hall–Kier alpha value is 5.03. The predicted molar refractivity (Wildman–Crippen MR) is 221 cm³/mol. The molecule has 4 saturated heterocycles. The fourth-order valence-corrected chi connectivity index (χ4v) is 10.5. The van der Waals surface area contributed by atoms with E-state index in [0.717, 1.165) is 14.2 Å². The zero-order valence-corrected chi connectivity index (χ0v) is 68.7. The zero-order valence-electron chi connectivity index (χ0n) is 47.8. The summed E-state index contributed by atoms with van der Waals surface area (Å²) < 4.78 is 276. The second kappa shape index (κ2) is 43.2. The second-order valence-corrected chi connectivity index (χ2v) is 22.8. The Morgan fingerprint density at radius 2 is 0.978 bits per heavy atom. The van der Waals surface area contributed by atoms with Crippen molar-refractivity contribution in [3.05, 3.63) is 0 Å². The van der Waals surface area contributed by atoms with Crippen LogP contribution in [0.25, 0.3) is 0 Å². The number of carbonyl (C=O) groups excluding carboxylic acids is 2. The Morgan fingerprint density at radius 1 is 0.551 bits per heavy atom. The Balaban J connectivity index is -0.00000294. The van der Waals surface area contributed by atoms with Crippen LogP contribution in [0.2, 0.25) is 0 Å². The van der Waals surface area contributed by atoms with E-state index in [9.17, 15) is 128 Å². The van der Waals surface area contributed by atoms with Gasteiger partial charge in [-0.25, -0.2) is 55.7 Å². The average molecular weight is 1490 g/mol. The van der Waals surface area contributed by atoms with Gasteiger partial charge in [0.25, 0.3) is 0 Å². The SMILES string of the molecule is CO[C@@H]1O[C@@H](C(=O)[O-])[C@@H](O[C@H]2O[C@H](COS(=O)(=O)[O-])[C@@H](OCC([O-])=NCCO[C@@]3(O)O[C@@H](C(=O)[O-])[C@@H](O[C@H]4O[C@H](COS(=O)(=O)[O-])[C@@H](OC)[C@H](O)[C@H]4NS(=O)(=O)[O-])[C@H](O)[C@H]3OS(=O)(=O)O)[C@H](O)[C@H]2NS(=O)(=O)[O-])[C@H](O)[C@H]1OS(=O)(=O)[O-].[Na+].[Na+].[Na+].[Na+].[Na+].[Na+].[Na+].[Na+]. The number of aliphatic imine (C=N–C) groups is 1. The largest absolute Gasteiger partial charge is 1.00 e. The molecule has 0 aliphatic carbocycles. The van der Waals surface area contributed by atoms with E-state index in [0.29, 0.717) is 0 Å². The predicted octanol–water partition coefficient (Wildman–Crippen LogP) is -40.4. The summed E-state index contributed by atoms with van der Waals surface area (Å²) in [6.45, 7) is -7.08. The molecule has 4 fully saturated rings. The molecule has 0 unspecified atom stereocenters. The van der Waals surface area contributed by atoms with Gasteiger partial charge in [-0.1, -0.05) is 0 Å². The van der Waals surface area contributed by atoms with Gasteiger partial charge in [-0.15, -0.1) is 0 Å². The summed E-state index contributed by atoms with van der Waals surface area (Å²) in [6.07, 6.45) is -44.6. The maximum Gasteiger partial charge on any atom is 1.00 e. The molecular formula is C30H43N3Na8O42S6. The summed E-state index contributed by atoms with van der Waals surface area (Å²) in [5.41, 5.74) is 0. The quantitative estimate of drug-likeness (QED) is 0.00656. The van der Waals surface area contributed by atoms with E-state index in [1.807, 2.05) is 0 Å². The van der Waals surface area contributed by atoms with Gasteiger partial charge in [-0.2, -0.15) is 8.42 Å². The topological polar surface area (TPSA) is 710 Å². The van der Waals surface area contributed by atoms with Crippen LogP contribution in [0.1, 0.15) is 0 Å². The van der Waals surface area contributed by atoms with Crippen LogP contribution in [0.5, 0.6) is 0 Å². The minimum atomic E-state index is -5.99. The standard InChI is InChI=1S/C30H51N3O42S6.8Na/c1-62-17-8(5-66-78(50,51)52)68-27(11(13(17)35)32-76(44,45)46)71-20-16(38)24(75-81(59,60)61)30(43,73-23(20)26(41)42)65-4-3-31-10(34)7-64-18-9(6-67-79(53,54)55)69-28(12(14(18)36)33-77(47,48)49)70-19-15(37)21(74-80(56,57)58)29(63-2)72-22(19)25(39)40;;;;;;;;/h8-9,11-24,27-29,32-33,35-38,43H,3-7H2,1-2H3,(H,31,34)(H,39,40)(H,41,42)(H,44,45,46)(H,47,48,49)(H,50,51,52)(H,53,54,55)(H,56,57,58)(H,59,60,61);;;;;;;;/q;8*+1/p-8/t8-,9-,11-,12-,13-,14-,15+,16+,17-,18-,19+,20+,21-,22-,23-,24-,27-,28-,29-,30-;;;;;;;;/m1......../s1. The Bertz CT molecular complexity index is 2930. The van der Waals surface area contributed by atoms with Gasteiger partial charge in [0.2, 0.25) is 31.2 Å². The molecule has 0 aromatic carbocycles. The van der Waals surface area contributed by atoms with E-state index in [4.69, 9.17) is 42.6 Å². The first-order valence-corrected chi connectivity index (χ1v) is 29.4. The van der Waals surface area contributed by atoms with E-state index >= 15 is 0 Å². The van der Waals surface area contributed by atoms with Crippen LogP contribution in [-0.4, -0.2) is 291 Å². The summed E-state index contributed by atoms with van der Waals surface area (Å²) in [5.74, 6) is -10.5. The van der Waals surface area contributed by atoms with Crippen molar-refractivity contribution in [3.63, 3.8) is 0 Å². The van der Waals surface area contributed by atoms with E-state index in [2.05, 4.69) is 26.5 Å². The molecule has 0 spiro atoms. The molecule has 0 aromatic heterocycles. The van der Waals surface area contributed by atoms with Gasteiger partial charge in [-0.05, 0) is 5.90 Å². The smallest absolute Gasteiger partial charge is 0.860 e. The van der Waals surface area contributed by atoms with Crippen molar-refractivity contribution in [2.75, 3.05) is 47.2 Å². The molecular weight excluding hydrogens is 1450 g/mol. The number of carbonyl (C=O) groups is 2. The van der Waals surface area contributed by atoms with Crippen LogP contribution in [-0.2, 0) is 136 Å². The number of ether oxygens (including phenoxy) is 10. The molecule has 4 heterocycles. The van der Waals surface area contributed by atoms with Gasteiger partial charge in [0.1, 0.15) is 85.3 Å². The fraction of sp³-hybridized carbons (Fsp3) is 0.900. The van der Waals surface area contributed by atoms with Crippen LogP contribution in [0, 0.1) is 0 Å². The molecule has 474 valence electrons. The number of aliphatic hydroxyl groups excluding tert-OH is 4. The molecule has 4 aliphatic heterocycles. The van der Waals surface area contributed by atoms with Gasteiger partial charge in [0.15, 0.2) is 51.7 Å². The average Bonchev–Trinajstić information content (AvgIpc) is 1.39. The van der Waals surface area contributed by atoms with Crippen LogP contribution in [0.15, 0.2) is 4.99 Å². The van der Waals surface area contributed by atoms with E-state index in [1.165, 1.54) is 9.44 Å². The van der Waals surface area contributed by atoms with Crippen LogP contribution in [0.3, 0.4) is 0 Å².